The van der Waals surface area contributed by atoms with E-state index in [1.54, 1.807) is 16.8 Å². The number of nitrogens with zero attached hydrogens (tertiary/aromatic N) is 2. The number of amides is 2. The second-order valence-electron chi connectivity index (χ2n) is 4.48. The normalized spacial score (nSPS) is 16.4. The Labute approximate surface area is 115 Å². The first-order valence-corrected chi connectivity index (χ1v) is 6.30. The minimum Gasteiger partial charge on any atom is -0.343 e. The van der Waals surface area contributed by atoms with Crippen molar-refractivity contribution in [1.82, 2.24) is 15.1 Å². The first kappa shape index (κ1) is 17.2. The molecule has 1 saturated heterocycles. The van der Waals surface area contributed by atoms with Crippen LogP contribution in [0.5, 0.6) is 0 Å². The topological polar surface area (TPSA) is 52.7 Å². The van der Waals surface area contributed by atoms with E-state index < -0.39 is 0 Å². The number of hydrogen-bond acceptors (Lipinski definition) is 3. The number of hydrogen-bond donors (Lipinski definition) is 1. The molecule has 1 aliphatic rings. The molecule has 5 nitrogen and oxygen atoms in total. The Kier molecular flexibility index (Phi) is 7.95. The van der Waals surface area contributed by atoms with Gasteiger partial charge in [-0.05, 0) is 19.9 Å². The smallest absolute Gasteiger partial charge is 0.245 e. The first-order chi connectivity index (χ1) is 8.11. The average Bonchev–Trinajstić information content (AvgIpc) is 2.73. The van der Waals surface area contributed by atoms with Gasteiger partial charge in [-0.2, -0.15) is 0 Å². The van der Waals surface area contributed by atoms with E-state index in [4.69, 9.17) is 0 Å². The average molecular weight is 278 g/mol. The summed E-state index contributed by atoms with van der Waals surface area (Å²) in [6.07, 6.45) is 2.15. The molecule has 106 valence electrons. The highest BCUT2D eigenvalue weighted by Crippen LogP contribution is 2.17. The number of halogens is 1. The van der Waals surface area contributed by atoms with Crippen LogP contribution in [0.15, 0.2) is 0 Å². The van der Waals surface area contributed by atoms with Crippen molar-refractivity contribution in [2.75, 3.05) is 33.7 Å². The van der Waals surface area contributed by atoms with Crippen molar-refractivity contribution in [3.63, 3.8) is 0 Å². The summed E-state index contributed by atoms with van der Waals surface area (Å²) in [5, 5.41) is 3.01. The van der Waals surface area contributed by atoms with Crippen molar-refractivity contribution in [3.05, 3.63) is 0 Å². The molecule has 0 saturated carbocycles. The molecule has 0 bridgehead atoms. The van der Waals surface area contributed by atoms with Crippen molar-refractivity contribution in [2.24, 2.45) is 0 Å². The minimum absolute atomic E-state index is 0. The standard InChI is InChI=1S/C12H23N3O2.ClH/c1-4-10(15-8-5-6-11(15)16)12(17)14(3)9-7-13-2;/h10,13H,4-9H2,1-3H3;1H. The van der Waals surface area contributed by atoms with Gasteiger partial charge in [0.05, 0.1) is 0 Å². The summed E-state index contributed by atoms with van der Waals surface area (Å²) in [5.74, 6) is 0.171. The zero-order valence-electron chi connectivity index (χ0n) is 11.4. The van der Waals surface area contributed by atoms with Gasteiger partial charge in [0, 0.05) is 33.1 Å². The van der Waals surface area contributed by atoms with Crippen LogP contribution < -0.4 is 5.32 Å². The lowest BCUT2D eigenvalue weighted by atomic mass is 10.1. The fourth-order valence-electron chi connectivity index (χ4n) is 2.17. The first-order valence-electron chi connectivity index (χ1n) is 6.30. The Balaban J connectivity index is 0.00000289. The van der Waals surface area contributed by atoms with E-state index in [-0.39, 0.29) is 30.3 Å². The monoisotopic (exact) mass is 277 g/mol. The number of carbonyl (C=O) groups is 2. The van der Waals surface area contributed by atoms with Crippen molar-refractivity contribution in [2.45, 2.75) is 32.2 Å². The van der Waals surface area contributed by atoms with Crippen molar-refractivity contribution >= 4 is 24.2 Å². The fourth-order valence-corrected chi connectivity index (χ4v) is 2.17. The molecule has 1 unspecified atom stereocenters. The summed E-state index contributed by atoms with van der Waals surface area (Å²) in [6.45, 7) is 4.13. The van der Waals surface area contributed by atoms with Gasteiger partial charge in [0.2, 0.25) is 11.8 Å². The minimum atomic E-state index is -0.271. The largest absolute Gasteiger partial charge is 0.343 e. The summed E-state index contributed by atoms with van der Waals surface area (Å²) in [6, 6.07) is -0.271. The van der Waals surface area contributed by atoms with E-state index in [1.807, 2.05) is 14.0 Å². The van der Waals surface area contributed by atoms with Gasteiger partial charge in [-0.1, -0.05) is 6.92 Å². The third kappa shape index (κ3) is 4.14. The Hall–Kier alpha value is -0.810. The predicted octanol–water partition coefficient (Wildman–Crippen LogP) is 0.487. The van der Waals surface area contributed by atoms with Crippen molar-refractivity contribution in [1.29, 1.82) is 0 Å². The molecule has 2 amide bonds. The van der Waals surface area contributed by atoms with Crippen LogP contribution >= 0.6 is 12.4 Å². The van der Waals surface area contributed by atoms with E-state index in [2.05, 4.69) is 5.32 Å². The third-order valence-electron chi connectivity index (χ3n) is 3.23. The molecule has 1 rings (SSSR count). The van der Waals surface area contributed by atoms with Gasteiger partial charge in [0.15, 0.2) is 0 Å². The van der Waals surface area contributed by atoms with Crippen LogP contribution in [-0.2, 0) is 9.59 Å². The van der Waals surface area contributed by atoms with Gasteiger partial charge in [0.1, 0.15) is 6.04 Å². The van der Waals surface area contributed by atoms with E-state index in [0.29, 0.717) is 19.4 Å². The maximum atomic E-state index is 12.2. The van der Waals surface area contributed by atoms with Gasteiger partial charge in [-0.15, -0.1) is 12.4 Å². The van der Waals surface area contributed by atoms with Crippen LogP contribution in [0, 0.1) is 0 Å². The molecule has 0 aromatic heterocycles. The van der Waals surface area contributed by atoms with Crippen molar-refractivity contribution in [3.8, 4) is 0 Å². The van der Waals surface area contributed by atoms with Crippen LogP contribution in [-0.4, -0.2) is 61.4 Å². The molecule has 18 heavy (non-hydrogen) atoms. The maximum absolute atomic E-state index is 12.2. The number of likely N-dealkylation sites (N-methyl/N-ethyl adjacent to an activating group) is 2. The Bertz CT molecular complexity index is 286. The lowest BCUT2D eigenvalue weighted by molar-refractivity contribution is -0.142. The van der Waals surface area contributed by atoms with Crippen molar-refractivity contribution < 1.29 is 9.59 Å². The lowest BCUT2D eigenvalue weighted by Gasteiger charge is -2.29. The number of nitrogens with one attached hydrogen (secondary N) is 1. The summed E-state index contributed by atoms with van der Waals surface area (Å²) in [5.41, 5.74) is 0. The summed E-state index contributed by atoms with van der Waals surface area (Å²) < 4.78 is 0. The second kappa shape index (κ2) is 8.32. The van der Waals surface area contributed by atoms with E-state index >= 15 is 0 Å². The zero-order chi connectivity index (χ0) is 12.8. The van der Waals surface area contributed by atoms with Gasteiger partial charge >= 0.3 is 0 Å². The predicted molar refractivity (Wildman–Crippen MR) is 73.8 cm³/mol. The molecular weight excluding hydrogens is 254 g/mol. The van der Waals surface area contributed by atoms with Gasteiger partial charge in [-0.25, -0.2) is 0 Å². The molecule has 0 radical (unpaired) electrons. The Morgan fingerprint density at radius 3 is 2.67 bits per heavy atom. The highest BCUT2D eigenvalue weighted by atomic mass is 35.5. The molecule has 0 aliphatic carbocycles. The Morgan fingerprint density at radius 2 is 2.22 bits per heavy atom. The molecule has 1 heterocycles. The molecule has 1 aliphatic heterocycles. The summed E-state index contributed by atoms with van der Waals surface area (Å²) in [4.78, 5) is 27.3. The molecule has 1 atom stereocenters. The maximum Gasteiger partial charge on any atom is 0.245 e. The lowest BCUT2D eigenvalue weighted by Crippen LogP contribution is -2.48. The number of likely N-dealkylation sites (tertiary alicyclic amines) is 1. The van der Waals surface area contributed by atoms with Gasteiger partial charge < -0.3 is 15.1 Å². The molecule has 0 aromatic rings. The molecule has 0 spiro atoms. The molecular formula is C12H24ClN3O2. The Morgan fingerprint density at radius 1 is 1.56 bits per heavy atom. The number of carbonyl (C=O) groups excluding carboxylic acids is 2. The number of rotatable bonds is 6. The fraction of sp³-hybridized carbons (Fsp3) is 0.833. The van der Waals surface area contributed by atoms with Gasteiger partial charge in [0.25, 0.3) is 0 Å². The highest BCUT2D eigenvalue weighted by Gasteiger charge is 2.32. The van der Waals surface area contributed by atoms with E-state index in [1.165, 1.54) is 0 Å². The molecule has 1 fully saturated rings. The van der Waals surface area contributed by atoms with Crippen LogP contribution in [0.1, 0.15) is 26.2 Å². The summed E-state index contributed by atoms with van der Waals surface area (Å²) >= 11 is 0. The van der Waals surface area contributed by atoms with E-state index in [9.17, 15) is 9.59 Å². The second-order valence-corrected chi connectivity index (χ2v) is 4.48. The molecule has 0 aromatic carbocycles. The zero-order valence-corrected chi connectivity index (χ0v) is 12.3. The highest BCUT2D eigenvalue weighted by molar-refractivity contribution is 5.88. The van der Waals surface area contributed by atoms with Gasteiger partial charge in [-0.3, -0.25) is 9.59 Å². The van der Waals surface area contributed by atoms with Crippen LogP contribution in [0.2, 0.25) is 0 Å². The molecule has 1 N–H and O–H groups in total. The SMILES string of the molecule is CCC(C(=O)N(C)CCNC)N1CCCC1=O.Cl. The van der Waals surface area contributed by atoms with E-state index in [0.717, 1.165) is 19.5 Å². The molecule has 6 heteroatoms. The summed E-state index contributed by atoms with van der Waals surface area (Å²) in [7, 11) is 3.66. The van der Waals surface area contributed by atoms with Crippen LogP contribution in [0.25, 0.3) is 0 Å². The van der Waals surface area contributed by atoms with Crippen LogP contribution in [0.4, 0.5) is 0 Å². The third-order valence-corrected chi connectivity index (χ3v) is 3.23. The van der Waals surface area contributed by atoms with Crippen LogP contribution in [0.3, 0.4) is 0 Å². The quantitative estimate of drug-likeness (QED) is 0.769.